The van der Waals surface area contributed by atoms with Gasteiger partial charge in [-0.2, -0.15) is 0 Å². The van der Waals surface area contributed by atoms with Gasteiger partial charge in [0.25, 0.3) is 30.1 Å². The molecular weight excluding hydrogens is 661 g/mol. The number of carbonyl (C=O) groups excluding carboxylic acids is 6. The predicted molar refractivity (Wildman–Crippen MR) is 161 cm³/mol. The van der Waals surface area contributed by atoms with E-state index in [-0.39, 0.29) is 30.2 Å². The van der Waals surface area contributed by atoms with Crippen LogP contribution in [0.4, 0.5) is 0 Å². The summed E-state index contributed by atoms with van der Waals surface area (Å²) in [4.78, 5) is 80.0. The fourth-order valence-corrected chi connectivity index (χ4v) is 9.38. The number of nitrogens with one attached hydrogen (secondary N) is 2. The van der Waals surface area contributed by atoms with Crippen molar-refractivity contribution in [2.45, 2.75) is 34.1 Å². The van der Waals surface area contributed by atoms with E-state index in [2.05, 4.69) is 26.2 Å². The molecule has 2 saturated heterocycles. The Labute approximate surface area is 273 Å². The van der Waals surface area contributed by atoms with Gasteiger partial charge in [0.05, 0.1) is 0 Å². The molecule has 19 heteroatoms. The van der Waals surface area contributed by atoms with Crippen molar-refractivity contribution >= 4 is 71.4 Å². The van der Waals surface area contributed by atoms with E-state index in [1.807, 2.05) is 0 Å². The highest BCUT2D eigenvalue weighted by Gasteiger charge is 2.58. The first kappa shape index (κ1) is 30.3. The van der Waals surface area contributed by atoms with Crippen LogP contribution in [0.5, 0.6) is 0 Å². The Morgan fingerprint density at radius 1 is 1.09 bits per heavy atom. The Balaban J connectivity index is 1.11. The second-order valence-electron chi connectivity index (χ2n) is 10.6. The average molecular weight is 685 g/mol. The van der Waals surface area contributed by atoms with Crippen LogP contribution in [0.1, 0.15) is 11.7 Å². The van der Waals surface area contributed by atoms with Gasteiger partial charge in [-0.25, -0.2) is 9.48 Å². The van der Waals surface area contributed by atoms with Crippen LogP contribution in [0, 0.1) is 0 Å². The fourth-order valence-electron chi connectivity index (χ4n) is 5.72. The topological polar surface area (TPSA) is 195 Å². The molecule has 5 aliphatic heterocycles. The number of hydrogen-bond acceptors (Lipinski definition) is 14. The maximum atomic E-state index is 13.9. The number of hydrogen-bond donors (Lipinski definition) is 2. The van der Waals surface area contributed by atoms with Crippen molar-refractivity contribution in [2.75, 3.05) is 23.9 Å². The van der Waals surface area contributed by atoms with Gasteiger partial charge in [-0.15, -0.1) is 28.6 Å². The van der Waals surface area contributed by atoms with Crippen LogP contribution in [0.2, 0.25) is 0 Å². The highest BCUT2D eigenvalue weighted by Crippen LogP contribution is 2.44. The highest BCUT2D eigenvalue weighted by molar-refractivity contribution is 8.01. The van der Waals surface area contributed by atoms with Crippen LogP contribution in [0.15, 0.2) is 58.0 Å². The Morgan fingerprint density at radius 3 is 2.54 bits per heavy atom. The highest BCUT2D eigenvalue weighted by atomic mass is 32.2. The molecule has 0 aliphatic carbocycles. The van der Waals surface area contributed by atoms with E-state index in [1.165, 1.54) is 49.8 Å². The predicted octanol–water partition coefficient (Wildman–Crippen LogP) is -0.919. The quantitative estimate of drug-likeness (QED) is 0.135. The first-order valence-corrected chi connectivity index (χ1v) is 17.0. The zero-order valence-corrected chi connectivity index (χ0v) is 26.3. The summed E-state index contributed by atoms with van der Waals surface area (Å²) in [7, 11) is 1.68. The number of ether oxygens (including phenoxy) is 2. The number of tetrazole rings is 1. The summed E-state index contributed by atoms with van der Waals surface area (Å²) < 4.78 is 11.6. The third kappa shape index (κ3) is 5.01. The van der Waals surface area contributed by atoms with E-state index in [0.717, 1.165) is 5.57 Å². The normalized spacial score (nSPS) is 25.5. The molecule has 1 aromatic heterocycles. The molecule has 46 heavy (non-hydrogen) atoms. The number of cyclic esters (lactones) is 1. The molecule has 0 spiro atoms. The number of esters is 1. The Hall–Kier alpha value is -4.36. The van der Waals surface area contributed by atoms with Gasteiger partial charge in [0.15, 0.2) is 0 Å². The summed E-state index contributed by atoms with van der Waals surface area (Å²) in [6, 6.07) is 6.47. The van der Waals surface area contributed by atoms with E-state index < -0.39 is 58.5 Å². The van der Waals surface area contributed by atoms with E-state index in [1.54, 1.807) is 37.4 Å². The standard InChI is InChI=1S/C27H24N8O8S3/c1-33-27(30-31-32-33)46-10-14-9-45-24-16(29-21(38)19(43-11-36)12-5-3-2-4-6-12)22(39)34(24)17(14)20(37)28-15-23(40)35-18-13(7-42-26(18)41)8-44-25(15)35/h2-6,11,15-16,19,24-25H,7-10H2,1H3,(H,28,37)(H,29,38)/t15-,16-,19-,24-,25-/m1/s1. The van der Waals surface area contributed by atoms with E-state index in [4.69, 9.17) is 9.47 Å². The summed E-state index contributed by atoms with van der Waals surface area (Å²) in [5.41, 5.74) is 2.10. The first-order chi connectivity index (χ1) is 22.3. The van der Waals surface area contributed by atoms with Gasteiger partial charge < -0.3 is 20.1 Å². The van der Waals surface area contributed by atoms with Gasteiger partial charge in [0.2, 0.25) is 11.3 Å². The van der Waals surface area contributed by atoms with Gasteiger partial charge >= 0.3 is 5.97 Å². The zero-order valence-electron chi connectivity index (χ0n) is 23.9. The molecule has 0 radical (unpaired) electrons. The second-order valence-corrected chi connectivity index (χ2v) is 13.8. The lowest BCUT2D eigenvalue weighted by Crippen LogP contribution is -2.73. The average Bonchev–Trinajstić information content (AvgIpc) is 3.66. The molecule has 5 atom stereocenters. The molecule has 2 aromatic rings. The Bertz CT molecular complexity index is 1730. The van der Waals surface area contributed by atoms with Crippen molar-refractivity contribution in [2.24, 2.45) is 7.05 Å². The Kier molecular flexibility index (Phi) is 7.97. The smallest absolute Gasteiger partial charge is 0.355 e. The molecule has 4 amide bonds. The zero-order chi connectivity index (χ0) is 32.1. The van der Waals surface area contributed by atoms with Crippen LogP contribution < -0.4 is 10.6 Å². The number of rotatable bonds is 10. The second kappa shape index (κ2) is 12.1. The van der Waals surface area contributed by atoms with E-state index >= 15 is 0 Å². The van der Waals surface area contributed by atoms with Crippen molar-refractivity contribution in [1.82, 2.24) is 40.6 Å². The number of fused-ring (bicyclic) bond motifs is 3. The number of carbonyl (C=O) groups is 6. The first-order valence-electron chi connectivity index (χ1n) is 13.9. The van der Waals surface area contributed by atoms with Crippen molar-refractivity contribution < 1.29 is 38.2 Å². The molecule has 16 nitrogen and oxygen atoms in total. The van der Waals surface area contributed by atoms with Gasteiger partial charge in [-0.05, 0) is 16.0 Å². The van der Waals surface area contributed by atoms with Crippen LogP contribution in [0.3, 0.4) is 0 Å². The summed E-state index contributed by atoms with van der Waals surface area (Å²) in [5.74, 6) is -1.76. The largest absolute Gasteiger partial charge is 0.456 e. The molecular formula is C27H24N8O8S3. The van der Waals surface area contributed by atoms with Gasteiger partial charge in [-0.3, -0.25) is 33.8 Å². The molecule has 2 fully saturated rings. The minimum Gasteiger partial charge on any atom is -0.456 e. The number of aryl methyl sites for hydroxylation is 1. The van der Waals surface area contributed by atoms with Crippen LogP contribution in [0.25, 0.3) is 0 Å². The van der Waals surface area contributed by atoms with Gasteiger partial charge in [0, 0.05) is 35.4 Å². The number of thioether (sulfide) groups is 3. The van der Waals surface area contributed by atoms with Gasteiger partial charge in [0.1, 0.15) is 40.8 Å². The summed E-state index contributed by atoms with van der Waals surface area (Å²) >= 11 is 4.06. The SMILES string of the molecule is Cn1nnnc1SCC1=C(C(=O)N[C@@H]2C(=O)N3C4=C(COC4=O)CS[C@H]23)N2C(=O)[C@@H](NC(=O)[C@H](OC=O)c3ccccc3)[C@H]2SC1. The van der Waals surface area contributed by atoms with Crippen LogP contribution in [-0.2, 0) is 45.3 Å². The number of nitrogens with zero attached hydrogens (tertiary/aromatic N) is 6. The van der Waals surface area contributed by atoms with Crippen molar-refractivity contribution in [3.8, 4) is 0 Å². The molecule has 1 aromatic carbocycles. The van der Waals surface area contributed by atoms with E-state index in [0.29, 0.717) is 27.8 Å². The maximum absolute atomic E-state index is 13.9. The number of amides is 4. The van der Waals surface area contributed by atoms with E-state index in [9.17, 15) is 28.8 Å². The summed E-state index contributed by atoms with van der Waals surface area (Å²) in [6.45, 7) is 0.314. The molecule has 5 aliphatic rings. The summed E-state index contributed by atoms with van der Waals surface area (Å²) in [6.07, 6.45) is -1.27. The van der Waals surface area contributed by atoms with Gasteiger partial charge in [-0.1, -0.05) is 42.1 Å². The molecule has 7 rings (SSSR count). The van der Waals surface area contributed by atoms with Crippen molar-refractivity contribution in [3.05, 3.63) is 58.4 Å². The molecule has 2 N–H and O–H groups in total. The molecule has 238 valence electrons. The maximum Gasteiger partial charge on any atom is 0.355 e. The fraction of sp³-hybridized carbons (Fsp3) is 0.370. The van der Waals surface area contributed by atoms with Crippen molar-refractivity contribution in [3.63, 3.8) is 0 Å². The Morgan fingerprint density at radius 2 is 1.80 bits per heavy atom. The van der Waals surface area contributed by atoms with Crippen molar-refractivity contribution in [1.29, 1.82) is 0 Å². The summed E-state index contributed by atoms with van der Waals surface area (Å²) in [5, 5.41) is 16.3. The minimum atomic E-state index is -1.27. The third-order valence-corrected chi connectivity index (χ3v) is 11.7. The van der Waals surface area contributed by atoms with Crippen LogP contribution in [-0.4, -0.2) is 113 Å². The number of benzene rings is 1. The van der Waals surface area contributed by atoms with Crippen LogP contribution >= 0.6 is 35.3 Å². The third-order valence-electron chi connectivity index (χ3n) is 7.95. The molecule has 0 saturated carbocycles. The monoisotopic (exact) mass is 684 g/mol. The minimum absolute atomic E-state index is 0.0814. The lowest BCUT2D eigenvalue weighted by Gasteiger charge is -2.51. The molecule has 6 heterocycles. The molecule has 0 bridgehead atoms. The number of β-lactam (4-membered cyclic amide) rings is 2. The lowest BCUT2D eigenvalue weighted by molar-refractivity contribution is -0.153. The number of aromatic nitrogens is 4. The lowest BCUT2D eigenvalue weighted by atomic mass is 10.00. The molecule has 0 unspecified atom stereocenters.